The van der Waals surface area contributed by atoms with Crippen molar-refractivity contribution in [2.75, 3.05) is 24.7 Å². The first-order chi connectivity index (χ1) is 16.5. The van der Waals surface area contributed by atoms with E-state index in [4.69, 9.17) is 4.63 Å². The Labute approximate surface area is 210 Å². The lowest BCUT2D eigenvalue weighted by Crippen LogP contribution is -2.30. The van der Waals surface area contributed by atoms with Crippen molar-refractivity contribution in [3.63, 3.8) is 0 Å². The molecule has 0 saturated carbocycles. The summed E-state index contributed by atoms with van der Waals surface area (Å²) in [5.41, 5.74) is 3.12. The molecule has 2 aromatic carbocycles. The van der Waals surface area contributed by atoms with E-state index in [1.165, 1.54) is 36.6 Å². The fraction of sp³-hybridized carbons (Fsp3) is 0.211. The van der Waals surface area contributed by atoms with Crippen molar-refractivity contribution < 1.29 is 27.2 Å². The molecule has 188 valence electrons. The molecule has 0 amide bonds. The second-order valence-corrected chi connectivity index (χ2v) is 11.9. The molecule has 35 heavy (non-hydrogen) atoms. The number of anilines is 1. The lowest BCUT2D eigenvalue weighted by Gasteiger charge is -2.08. The van der Waals surface area contributed by atoms with E-state index in [1.807, 2.05) is 12.4 Å². The Balaban J connectivity index is 1.66. The third-order valence-electron chi connectivity index (χ3n) is 4.32. The van der Waals surface area contributed by atoms with Crippen LogP contribution in [0.5, 0.6) is 0 Å². The number of amidine groups is 1. The molecule has 0 aliphatic heterocycles. The number of aliphatic imine (C=N–C) groups is 1. The van der Waals surface area contributed by atoms with Gasteiger partial charge < -0.3 is 5.32 Å². The quantitative estimate of drug-likeness (QED) is 0.0822. The van der Waals surface area contributed by atoms with Crippen LogP contribution in [0, 0.1) is 12.7 Å². The molecule has 3 rings (SSSR count). The molecule has 0 fully saturated rings. The van der Waals surface area contributed by atoms with Crippen molar-refractivity contribution >= 4 is 53.6 Å². The van der Waals surface area contributed by atoms with Crippen molar-refractivity contribution in [2.24, 2.45) is 8.76 Å². The second kappa shape index (κ2) is 11.3. The van der Waals surface area contributed by atoms with Gasteiger partial charge in [-0.2, -0.15) is 4.55 Å². The highest BCUT2D eigenvalue weighted by Gasteiger charge is 2.31. The Hall–Kier alpha value is -2.76. The van der Waals surface area contributed by atoms with Gasteiger partial charge in [0.15, 0.2) is 21.4 Å². The van der Waals surface area contributed by atoms with Crippen LogP contribution in [-0.2, 0) is 24.5 Å². The highest BCUT2D eigenvalue weighted by Crippen LogP contribution is 2.23. The van der Waals surface area contributed by atoms with Crippen LogP contribution in [-0.4, -0.2) is 49.5 Å². The molecule has 0 spiro atoms. The number of rotatable bonds is 9. The Morgan fingerprint density at radius 3 is 2.60 bits per heavy atom. The molecular weight excluding hydrogens is 569 g/mol. The number of halogens is 2. The average molecular weight is 591 g/mol. The van der Waals surface area contributed by atoms with Crippen molar-refractivity contribution in [3.8, 4) is 0 Å². The number of hydroxylamine groups is 1. The molecule has 0 aliphatic carbocycles. The molecule has 2 atom stereocenters. The van der Waals surface area contributed by atoms with Crippen molar-refractivity contribution in [3.05, 3.63) is 64.0 Å². The zero-order valence-electron chi connectivity index (χ0n) is 18.4. The van der Waals surface area contributed by atoms with Gasteiger partial charge in [0.25, 0.3) is 0 Å². The lowest BCUT2D eigenvalue weighted by atomic mass is 10.2. The van der Waals surface area contributed by atoms with E-state index >= 15 is 0 Å². The highest BCUT2D eigenvalue weighted by atomic mass is 79.9. The maximum Gasteiger partial charge on any atom is 0.379 e. The minimum absolute atomic E-state index is 0.0209. The molecule has 1 aromatic heterocycles. The number of nitrogens with one attached hydrogen (secondary N) is 3. The fourth-order valence-corrected chi connectivity index (χ4v) is 6.11. The van der Waals surface area contributed by atoms with E-state index in [9.17, 15) is 22.6 Å². The zero-order chi connectivity index (χ0) is 25.6. The Morgan fingerprint density at radius 2 is 1.94 bits per heavy atom. The highest BCUT2D eigenvalue weighted by molar-refractivity contribution is 9.10. The maximum atomic E-state index is 13.4. The summed E-state index contributed by atoms with van der Waals surface area (Å²) in [6, 6.07) is 10.2. The first-order valence-electron chi connectivity index (χ1n) is 9.83. The molecule has 5 N–H and O–H groups in total. The Morgan fingerprint density at radius 1 is 1.23 bits per heavy atom. The number of hydrogen-bond donors (Lipinski definition) is 5. The standard InChI is InChI=1S/C19H21BrFN7O5S2/c1-12-3-6-14(7-4-12)35(31,32)28-34(2,30)23-10-9-22-18-17(26-33-27-18)19(25-29)24-13-5-8-16(21)15(20)11-13/h3-8,11H,9-10H2,1-2H3,(H4-,22,23,24,25,27,28,29,30,31,32)/p+1. The van der Waals surface area contributed by atoms with Gasteiger partial charge in [-0.3, -0.25) is 10.7 Å². The van der Waals surface area contributed by atoms with Crippen molar-refractivity contribution in [1.82, 2.24) is 20.5 Å². The fourth-order valence-electron chi connectivity index (χ4n) is 2.67. The van der Waals surface area contributed by atoms with Gasteiger partial charge in [-0.15, -0.1) is 0 Å². The summed E-state index contributed by atoms with van der Waals surface area (Å²) in [6.07, 6.45) is 1.21. The smallest absolute Gasteiger partial charge is 0.364 e. The monoisotopic (exact) mass is 590 g/mol. The first-order valence-corrected chi connectivity index (χ1v) is 14.0. The van der Waals surface area contributed by atoms with Gasteiger partial charge in [0.2, 0.25) is 10.7 Å². The summed E-state index contributed by atoms with van der Waals surface area (Å²) in [5.74, 6) is -0.512. The van der Waals surface area contributed by atoms with Gasteiger partial charge >= 0.3 is 10.4 Å². The maximum absolute atomic E-state index is 13.4. The second-order valence-electron chi connectivity index (χ2n) is 7.14. The van der Waals surface area contributed by atoms with Crippen LogP contribution in [0.1, 0.15) is 11.3 Å². The molecule has 0 saturated heterocycles. The lowest BCUT2D eigenvalue weighted by molar-refractivity contribution is 0.234. The minimum Gasteiger partial charge on any atom is -0.364 e. The molecule has 1 heterocycles. The summed E-state index contributed by atoms with van der Waals surface area (Å²) in [7, 11) is -7.10. The third-order valence-corrected chi connectivity index (χ3v) is 8.50. The normalized spacial score (nSPS) is 15.2. The number of nitrogens with zero attached hydrogens (tertiary/aromatic N) is 4. The number of benzene rings is 2. The van der Waals surface area contributed by atoms with Crippen molar-refractivity contribution in [2.45, 2.75) is 11.8 Å². The van der Waals surface area contributed by atoms with Gasteiger partial charge in [0, 0.05) is 23.1 Å². The largest absolute Gasteiger partial charge is 0.379 e. The summed E-state index contributed by atoms with van der Waals surface area (Å²) >= 11 is 3.06. The Kier molecular flexibility index (Phi) is 8.68. The van der Waals surface area contributed by atoms with E-state index in [0.29, 0.717) is 5.69 Å². The third kappa shape index (κ3) is 7.36. The van der Waals surface area contributed by atoms with Gasteiger partial charge in [-0.25, -0.2) is 22.9 Å². The average Bonchev–Trinajstić information content (AvgIpc) is 3.25. The molecule has 16 heteroatoms. The predicted molar refractivity (Wildman–Crippen MR) is 133 cm³/mol. The minimum atomic E-state index is -3.87. The van der Waals surface area contributed by atoms with E-state index in [-0.39, 0.29) is 39.8 Å². The van der Waals surface area contributed by atoms with Gasteiger partial charge in [-0.05, 0) is 67.7 Å². The molecule has 2 unspecified atom stereocenters. The van der Waals surface area contributed by atoms with Crippen LogP contribution in [0.25, 0.3) is 0 Å². The van der Waals surface area contributed by atoms with Crippen LogP contribution in [0.4, 0.5) is 15.9 Å². The van der Waals surface area contributed by atoms with Crippen LogP contribution < -0.4 is 15.5 Å². The van der Waals surface area contributed by atoms with Crippen LogP contribution in [0.3, 0.4) is 0 Å². The van der Waals surface area contributed by atoms with Gasteiger partial charge in [0.1, 0.15) is 5.82 Å². The molecule has 0 radical (unpaired) electrons. The number of aromatic nitrogens is 2. The summed E-state index contributed by atoms with van der Waals surface area (Å²) in [4.78, 5) is 4.19. The molecule has 12 nitrogen and oxygen atoms in total. The van der Waals surface area contributed by atoms with E-state index in [2.05, 4.69) is 45.0 Å². The van der Waals surface area contributed by atoms with Crippen LogP contribution in [0.15, 0.2) is 65.2 Å². The van der Waals surface area contributed by atoms with Crippen LogP contribution in [0.2, 0.25) is 0 Å². The van der Waals surface area contributed by atoms with E-state index < -0.39 is 26.1 Å². The van der Waals surface area contributed by atoms with Gasteiger partial charge in [-0.1, -0.05) is 17.7 Å². The Bertz CT molecular complexity index is 1390. The van der Waals surface area contributed by atoms with Crippen molar-refractivity contribution in [1.29, 1.82) is 0 Å². The molecule has 0 aliphatic rings. The van der Waals surface area contributed by atoms with Gasteiger partial charge in [0.05, 0.1) is 10.2 Å². The summed E-state index contributed by atoms with van der Waals surface area (Å²) in [6.45, 7) is 2.01. The number of aryl methyl sites for hydroxylation is 1. The van der Waals surface area contributed by atoms with Crippen LogP contribution >= 0.6 is 15.9 Å². The molecule has 3 aromatic rings. The first kappa shape index (κ1) is 26.8. The SMILES string of the molecule is Cc1ccc([S+](=O)(O)N=S(C)(=O)NCCNc2nonc2C(=Nc2ccc(F)c(Br)c2)NO)cc1. The zero-order valence-corrected chi connectivity index (χ0v) is 21.7. The molecule has 0 bridgehead atoms. The predicted octanol–water partition coefficient (Wildman–Crippen LogP) is 3.30. The number of hydrogen-bond acceptors (Lipinski definition) is 8. The van der Waals surface area contributed by atoms with E-state index in [0.717, 1.165) is 5.56 Å². The topological polar surface area (TPSA) is 174 Å². The molecular formula is C19H22BrFN7O5S2+. The summed E-state index contributed by atoms with van der Waals surface area (Å²) < 4.78 is 60.0. The van der Waals surface area contributed by atoms with E-state index in [1.54, 1.807) is 12.1 Å². The summed E-state index contributed by atoms with van der Waals surface area (Å²) in [5, 5.41) is 19.7.